The summed E-state index contributed by atoms with van der Waals surface area (Å²) in [4.78, 5) is 31.4. The van der Waals surface area contributed by atoms with E-state index in [0.29, 0.717) is 34.0 Å². The van der Waals surface area contributed by atoms with E-state index < -0.39 is 23.4 Å². The van der Waals surface area contributed by atoms with Gasteiger partial charge in [-0.05, 0) is 42.8 Å². The Morgan fingerprint density at radius 2 is 1.56 bits per heavy atom. The van der Waals surface area contributed by atoms with Crippen molar-refractivity contribution in [1.82, 2.24) is 19.8 Å². The number of benzene rings is 2. The predicted octanol–water partition coefficient (Wildman–Crippen LogP) is 3.69. The number of imide groups is 1. The highest BCUT2D eigenvalue weighted by Gasteiger charge is 2.35. The fourth-order valence-corrected chi connectivity index (χ4v) is 5.21. The van der Waals surface area contributed by atoms with Gasteiger partial charge in [0.2, 0.25) is 0 Å². The second-order valence-corrected chi connectivity index (χ2v) is 9.13. The summed E-state index contributed by atoms with van der Waals surface area (Å²) in [6, 6.07) is 8.71. The molecule has 0 radical (unpaired) electrons. The summed E-state index contributed by atoms with van der Waals surface area (Å²) in [5, 5.41) is 3.42. The summed E-state index contributed by atoms with van der Waals surface area (Å²) >= 11 is 0. The van der Waals surface area contributed by atoms with Gasteiger partial charge in [-0.15, -0.1) is 0 Å². The van der Waals surface area contributed by atoms with Gasteiger partial charge in [0, 0.05) is 71.5 Å². The minimum absolute atomic E-state index is 0.147. The van der Waals surface area contributed by atoms with Crippen molar-refractivity contribution in [2.75, 3.05) is 32.8 Å². The van der Waals surface area contributed by atoms with Crippen LogP contribution in [0.5, 0.6) is 0 Å². The number of aromatic amines is 1. The maximum Gasteiger partial charge on any atom is 0.259 e. The first-order valence-corrected chi connectivity index (χ1v) is 12.0. The van der Waals surface area contributed by atoms with E-state index in [4.69, 9.17) is 4.74 Å². The number of hydrogen-bond acceptors (Lipinski definition) is 4. The number of carbonyl (C=O) groups is 2. The fourth-order valence-electron chi connectivity index (χ4n) is 5.21. The van der Waals surface area contributed by atoms with Crippen LogP contribution in [0.1, 0.15) is 17.5 Å². The molecule has 0 bridgehead atoms. The van der Waals surface area contributed by atoms with Crippen LogP contribution in [-0.4, -0.2) is 59.1 Å². The monoisotopic (exact) mass is 490 g/mol. The normalized spacial score (nSPS) is 17.1. The number of fused-ring (bicyclic) bond motifs is 2. The molecule has 2 amide bonds. The molecule has 2 aliphatic rings. The third-order valence-corrected chi connectivity index (χ3v) is 6.93. The number of carbonyl (C=O) groups excluding carboxylic acids is 2. The number of halogens is 2. The first-order chi connectivity index (χ1) is 17.5. The van der Waals surface area contributed by atoms with Gasteiger partial charge in [0.15, 0.2) is 0 Å². The van der Waals surface area contributed by atoms with E-state index in [0.717, 1.165) is 44.8 Å². The van der Waals surface area contributed by atoms with Gasteiger partial charge in [0.05, 0.1) is 24.4 Å². The summed E-state index contributed by atoms with van der Waals surface area (Å²) in [5.74, 6) is -2.01. The van der Waals surface area contributed by atoms with Crippen LogP contribution in [0.15, 0.2) is 48.8 Å². The molecule has 1 saturated heterocycles. The Balaban J connectivity index is 1.45. The van der Waals surface area contributed by atoms with Crippen molar-refractivity contribution < 1.29 is 23.1 Å². The van der Waals surface area contributed by atoms with E-state index in [9.17, 15) is 18.4 Å². The highest BCUT2D eigenvalue weighted by Crippen LogP contribution is 2.38. The van der Waals surface area contributed by atoms with Crippen molar-refractivity contribution in [3.8, 4) is 0 Å². The molecule has 0 saturated carbocycles. The maximum absolute atomic E-state index is 14.3. The quantitative estimate of drug-likeness (QED) is 0.404. The van der Waals surface area contributed by atoms with E-state index in [1.807, 2.05) is 10.8 Å². The zero-order valence-electron chi connectivity index (χ0n) is 19.4. The molecular weight excluding hydrogens is 466 g/mol. The molecule has 2 aliphatic heterocycles. The molecule has 0 unspecified atom stereocenters. The molecule has 0 spiro atoms. The lowest BCUT2D eigenvalue weighted by Gasteiger charge is -2.26. The van der Waals surface area contributed by atoms with Crippen LogP contribution in [0, 0.1) is 11.6 Å². The number of nitrogens with zero attached hydrogens (tertiary/aromatic N) is 2. The molecule has 0 aliphatic carbocycles. The number of rotatable bonds is 6. The average molecular weight is 491 g/mol. The molecule has 7 nitrogen and oxygen atoms in total. The van der Waals surface area contributed by atoms with Crippen LogP contribution in [0.3, 0.4) is 0 Å². The van der Waals surface area contributed by atoms with Crippen LogP contribution < -0.4 is 5.32 Å². The van der Waals surface area contributed by atoms with Gasteiger partial charge >= 0.3 is 0 Å². The van der Waals surface area contributed by atoms with Crippen molar-refractivity contribution in [3.05, 3.63) is 71.6 Å². The summed E-state index contributed by atoms with van der Waals surface area (Å²) in [7, 11) is 0. The third kappa shape index (κ3) is 3.90. The highest BCUT2D eigenvalue weighted by molar-refractivity contribution is 6.50. The number of morpholine rings is 1. The Hall–Kier alpha value is -3.82. The number of nitrogens with one attached hydrogen (secondary N) is 2. The highest BCUT2D eigenvalue weighted by atomic mass is 19.1. The summed E-state index contributed by atoms with van der Waals surface area (Å²) in [5.41, 5.74) is 2.62. The second-order valence-electron chi connectivity index (χ2n) is 9.13. The molecule has 2 aromatic heterocycles. The van der Waals surface area contributed by atoms with Crippen molar-refractivity contribution in [2.45, 2.75) is 13.0 Å². The number of aryl methyl sites for hydroxylation is 1. The van der Waals surface area contributed by atoms with Crippen molar-refractivity contribution in [1.29, 1.82) is 0 Å². The second kappa shape index (κ2) is 9.00. The SMILES string of the molecule is O=C1NC(=O)C(c2cn(CCCN3CCOCC3)c3ccc(F)cc23)=C1c1c[nH]c2ccc(F)cc12. The molecule has 2 N–H and O–H groups in total. The lowest BCUT2D eigenvalue weighted by Crippen LogP contribution is -2.37. The van der Waals surface area contributed by atoms with Gasteiger partial charge < -0.3 is 14.3 Å². The first-order valence-electron chi connectivity index (χ1n) is 12.0. The van der Waals surface area contributed by atoms with Crippen molar-refractivity contribution in [2.24, 2.45) is 0 Å². The smallest absolute Gasteiger partial charge is 0.259 e. The van der Waals surface area contributed by atoms with Crippen LogP contribution in [-0.2, 0) is 20.9 Å². The van der Waals surface area contributed by atoms with E-state index in [2.05, 4.69) is 15.2 Å². The fraction of sp³-hybridized carbons (Fsp3) is 0.259. The van der Waals surface area contributed by atoms with Gasteiger partial charge in [-0.25, -0.2) is 8.78 Å². The van der Waals surface area contributed by atoms with Gasteiger partial charge in [0.1, 0.15) is 11.6 Å². The lowest BCUT2D eigenvalue weighted by atomic mass is 9.95. The third-order valence-electron chi connectivity index (χ3n) is 6.93. The topological polar surface area (TPSA) is 79.4 Å². The number of H-pyrrole nitrogens is 1. The van der Waals surface area contributed by atoms with Gasteiger partial charge in [-0.3, -0.25) is 19.8 Å². The Morgan fingerprint density at radius 3 is 2.33 bits per heavy atom. The average Bonchev–Trinajstić information content (AvgIpc) is 3.52. The minimum atomic E-state index is -0.565. The van der Waals surface area contributed by atoms with E-state index in [1.165, 1.54) is 24.3 Å². The molecule has 1 fully saturated rings. The standard InChI is InChI=1S/C27H24F2N4O3/c28-16-2-4-22-18(12-16)20(14-30-22)24-25(27(35)31-26(24)34)21-15-33(23-5-3-17(29)13-19(21)23)7-1-6-32-8-10-36-11-9-32/h2-5,12-15,30H,1,6-11H2,(H,31,34,35). The predicted molar refractivity (Wildman–Crippen MR) is 132 cm³/mol. The molecular formula is C27H24F2N4O3. The van der Waals surface area contributed by atoms with E-state index in [-0.39, 0.29) is 11.1 Å². The van der Waals surface area contributed by atoms with Crippen LogP contribution >= 0.6 is 0 Å². The Labute approximate surface area is 205 Å². The van der Waals surface area contributed by atoms with Gasteiger partial charge in [-0.2, -0.15) is 0 Å². The van der Waals surface area contributed by atoms with E-state index >= 15 is 0 Å². The van der Waals surface area contributed by atoms with Crippen LogP contribution in [0.25, 0.3) is 33.0 Å². The number of ether oxygens (including phenoxy) is 1. The van der Waals surface area contributed by atoms with Crippen molar-refractivity contribution in [3.63, 3.8) is 0 Å². The summed E-state index contributed by atoms with van der Waals surface area (Å²) in [6.07, 6.45) is 4.27. The summed E-state index contributed by atoms with van der Waals surface area (Å²) < 4.78 is 35.8. The summed E-state index contributed by atoms with van der Waals surface area (Å²) in [6.45, 7) is 4.81. The minimum Gasteiger partial charge on any atom is -0.379 e. The van der Waals surface area contributed by atoms with Crippen LogP contribution in [0.2, 0.25) is 0 Å². The number of aromatic nitrogens is 2. The Kier molecular flexibility index (Phi) is 5.66. The molecule has 9 heteroatoms. The van der Waals surface area contributed by atoms with Crippen molar-refractivity contribution >= 4 is 44.8 Å². The van der Waals surface area contributed by atoms with Gasteiger partial charge in [-0.1, -0.05) is 0 Å². The number of amides is 2. The molecule has 2 aromatic carbocycles. The lowest BCUT2D eigenvalue weighted by molar-refractivity contribution is -0.122. The van der Waals surface area contributed by atoms with Gasteiger partial charge in [0.25, 0.3) is 11.8 Å². The van der Waals surface area contributed by atoms with E-state index in [1.54, 1.807) is 18.3 Å². The zero-order chi connectivity index (χ0) is 24.8. The van der Waals surface area contributed by atoms with Crippen LogP contribution in [0.4, 0.5) is 8.78 Å². The number of hydrogen-bond donors (Lipinski definition) is 2. The Bertz CT molecular complexity index is 1550. The molecule has 4 aromatic rings. The molecule has 6 rings (SSSR count). The Morgan fingerprint density at radius 1 is 0.861 bits per heavy atom. The first kappa shape index (κ1) is 22.6. The molecule has 36 heavy (non-hydrogen) atoms. The molecule has 0 atom stereocenters. The zero-order valence-corrected chi connectivity index (χ0v) is 19.4. The maximum atomic E-state index is 14.3. The largest absolute Gasteiger partial charge is 0.379 e. The molecule has 184 valence electrons. The molecule has 4 heterocycles.